The first-order valence-corrected chi connectivity index (χ1v) is 13.3. The Labute approximate surface area is 221 Å². The molecule has 38 heavy (non-hydrogen) atoms. The molecule has 0 aromatic rings. The minimum atomic E-state index is -4.55. The number of carbonyl (C=O) groups excluding carboxylic acids is 4. The second-order valence-electron chi connectivity index (χ2n) is 13.5. The number of nitrogens with two attached hydrogens (primary N) is 1. The van der Waals surface area contributed by atoms with E-state index in [2.05, 4.69) is 16.0 Å². The number of rotatable bonds is 8. The second-order valence-corrected chi connectivity index (χ2v) is 13.5. The van der Waals surface area contributed by atoms with Gasteiger partial charge in [-0.25, -0.2) is 0 Å². The Morgan fingerprint density at radius 3 is 2.26 bits per heavy atom. The summed E-state index contributed by atoms with van der Waals surface area (Å²) in [5.41, 5.74) is 4.29. The number of halogens is 3. The lowest BCUT2D eigenvalue weighted by molar-refractivity contribution is -0.160. The summed E-state index contributed by atoms with van der Waals surface area (Å²) in [5, 5.41) is 8.09. The zero-order valence-electron chi connectivity index (χ0n) is 22.9. The van der Waals surface area contributed by atoms with Gasteiger partial charge in [0.25, 0.3) is 0 Å². The molecule has 0 aromatic carbocycles. The van der Waals surface area contributed by atoms with Gasteiger partial charge in [-0.1, -0.05) is 34.6 Å². The van der Waals surface area contributed by atoms with Gasteiger partial charge in [-0.2, -0.15) is 13.2 Å². The third-order valence-electron chi connectivity index (χ3n) is 9.21. The lowest BCUT2D eigenvalue weighted by atomic mass is 9.84. The number of nitrogens with one attached hydrogen (secondary N) is 3. The van der Waals surface area contributed by atoms with E-state index < -0.39 is 59.4 Å². The number of hydrogen-bond acceptors (Lipinski definition) is 5. The van der Waals surface area contributed by atoms with Gasteiger partial charge in [-0.15, -0.1) is 0 Å². The van der Waals surface area contributed by atoms with E-state index >= 15 is 0 Å². The van der Waals surface area contributed by atoms with Crippen LogP contribution in [0.2, 0.25) is 0 Å². The molecule has 2 saturated carbocycles. The molecule has 4 amide bonds. The molecule has 2 saturated heterocycles. The third kappa shape index (κ3) is 5.24. The summed E-state index contributed by atoms with van der Waals surface area (Å²) in [6, 6.07) is -5.18. The highest BCUT2D eigenvalue weighted by atomic mass is 19.4. The Morgan fingerprint density at radius 2 is 1.79 bits per heavy atom. The van der Waals surface area contributed by atoms with Gasteiger partial charge in [0.15, 0.2) is 0 Å². The number of amides is 4. The van der Waals surface area contributed by atoms with E-state index in [1.165, 1.54) is 4.90 Å². The van der Waals surface area contributed by atoms with Gasteiger partial charge in [-0.3, -0.25) is 24.5 Å². The zero-order valence-corrected chi connectivity index (χ0v) is 22.9. The van der Waals surface area contributed by atoms with E-state index in [9.17, 15) is 32.3 Å². The predicted octanol–water partition coefficient (Wildman–Crippen LogP) is 1.45. The van der Waals surface area contributed by atoms with Crippen LogP contribution in [0.15, 0.2) is 0 Å². The van der Waals surface area contributed by atoms with Crippen LogP contribution in [0, 0.1) is 28.6 Å². The molecular weight excluding hydrogens is 503 g/mol. The number of fused-ring (bicyclic) bond motifs is 1. The number of carbonyl (C=O) groups is 4. The highest BCUT2D eigenvalue weighted by Gasteiger charge is 2.70. The standard InChI is InChI=1S/C26H40F3N5O4/c1-12(26(27,28)29)31-18(23(2,3)4)22(38)34-11-14-16(24(14,5)6)17(34)21(37)32-15(19(30)35)9-13-10-25(7-8-25)33-20(13)36/h12-18,31H,7-11H2,1-6H3,(H2,30,35)(H,32,37)(H,33,36)/t12?,13-,14+,15+,16+,17+,18?/m1/s1. The van der Waals surface area contributed by atoms with Crippen LogP contribution in [0.4, 0.5) is 13.2 Å². The quantitative estimate of drug-likeness (QED) is 0.368. The van der Waals surface area contributed by atoms with Crippen LogP contribution in [-0.2, 0) is 19.2 Å². The molecule has 214 valence electrons. The van der Waals surface area contributed by atoms with Crippen LogP contribution in [0.1, 0.15) is 67.2 Å². The molecule has 2 unspecified atom stereocenters. The van der Waals surface area contributed by atoms with Crippen LogP contribution in [0.3, 0.4) is 0 Å². The molecule has 12 heteroatoms. The van der Waals surface area contributed by atoms with E-state index in [0.717, 1.165) is 19.8 Å². The zero-order chi connectivity index (χ0) is 28.6. The lowest BCUT2D eigenvalue weighted by Crippen LogP contribution is -2.62. The summed E-state index contributed by atoms with van der Waals surface area (Å²) in [4.78, 5) is 53.5. The van der Waals surface area contributed by atoms with Crippen LogP contribution < -0.4 is 21.7 Å². The van der Waals surface area contributed by atoms with Crippen LogP contribution in [0.5, 0.6) is 0 Å². The fourth-order valence-electron chi connectivity index (χ4n) is 6.45. The van der Waals surface area contributed by atoms with Crippen molar-refractivity contribution in [3.8, 4) is 0 Å². The Bertz CT molecular complexity index is 1020. The molecule has 1 spiro atoms. The van der Waals surface area contributed by atoms with Crippen molar-refractivity contribution < 1.29 is 32.3 Å². The van der Waals surface area contributed by atoms with E-state index in [1.54, 1.807) is 20.8 Å². The Balaban J connectivity index is 1.53. The molecule has 2 aliphatic heterocycles. The number of alkyl halides is 3. The molecule has 0 bridgehead atoms. The average molecular weight is 544 g/mol. The summed E-state index contributed by atoms with van der Waals surface area (Å²) in [5.74, 6) is -2.76. The first kappa shape index (κ1) is 28.6. The maximum Gasteiger partial charge on any atom is 0.403 e. The maximum absolute atomic E-state index is 13.7. The normalized spacial score (nSPS) is 31.3. The van der Waals surface area contributed by atoms with E-state index in [0.29, 0.717) is 6.42 Å². The van der Waals surface area contributed by atoms with E-state index in [1.807, 2.05) is 13.8 Å². The van der Waals surface area contributed by atoms with Crippen molar-refractivity contribution in [1.82, 2.24) is 20.9 Å². The van der Waals surface area contributed by atoms with Crippen molar-refractivity contribution in [1.29, 1.82) is 0 Å². The minimum Gasteiger partial charge on any atom is -0.368 e. The number of piperidine rings is 1. The molecule has 5 N–H and O–H groups in total. The van der Waals surface area contributed by atoms with E-state index in [4.69, 9.17) is 5.73 Å². The van der Waals surface area contributed by atoms with Crippen molar-refractivity contribution in [2.24, 2.45) is 34.3 Å². The smallest absolute Gasteiger partial charge is 0.368 e. The van der Waals surface area contributed by atoms with Gasteiger partial charge in [0.1, 0.15) is 18.1 Å². The molecule has 2 heterocycles. The summed E-state index contributed by atoms with van der Waals surface area (Å²) in [6.45, 7) is 10.2. The van der Waals surface area contributed by atoms with Gasteiger partial charge in [-0.05, 0) is 55.3 Å². The van der Waals surface area contributed by atoms with Crippen LogP contribution in [0.25, 0.3) is 0 Å². The minimum absolute atomic E-state index is 0.00483. The maximum atomic E-state index is 13.7. The van der Waals surface area contributed by atoms with Crippen molar-refractivity contribution in [2.45, 2.75) is 103 Å². The van der Waals surface area contributed by atoms with Crippen molar-refractivity contribution in [2.75, 3.05) is 6.54 Å². The summed E-state index contributed by atoms with van der Waals surface area (Å²) in [6.07, 6.45) is -2.14. The first-order chi connectivity index (χ1) is 17.3. The number of likely N-dealkylation sites (tertiary alicyclic amines) is 1. The fraction of sp³-hybridized carbons (Fsp3) is 0.846. The topological polar surface area (TPSA) is 134 Å². The van der Waals surface area contributed by atoms with Gasteiger partial charge in [0, 0.05) is 18.0 Å². The molecule has 2 aliphatic carbocycles. The monoisotopic (exact) mass is 543 g/mol. The van der Waals surface area contributed by atoms with E-state index in [-0.39, 0.29) is 41.7 Å². The van der Waals surface area contributed by atoms with Crippen molar-refractivity contribution in [3.63, 3.8) is 0 Å². The predicted molar refractivity (Wildman–Crippen MR) is 132 cm³/mol. The van der Waals surface area contributed by atoms with Crippen LogP contribution in [-0.4, -0.2) is 71.0 Å². The second kappa shape index (κ2) is 9.09. The molecule has 7 atom stereocenters. The Kier molecular flexibility index (Phi) is 6.85. The average Bonchev–Trinajstić information content (AvgIpc) is 3.48. The molecule has 4 aliphatic rings. The van der Waals surface area contributed by atoms with Gasteiger partial charge in [0.05, 0.1) is 6.04 Å². The largest absolute Gasteiger partial charge is 0.403 e. The molecule has 4 rings (SSSR count). The summed E-state index contributed by atoms with van der Waals surface area (Å²) < 4.78 is 40.1. The summed E-state index contributed by atoms with van der Waals surface area (Å²) >= 11 is 0. The van der Waals surface area contributed by atoms with Crippen LogP contribution >= 0.6 is 0 Å². The molecule has 4 fully saturated rings. The molecule has 0 aromatic heterocycles. The SMILES string of the molecule is CC(NC(C(=O)N1C[C@H]2[C@@H]([C@H]1C(=O)N[C@@H](C[C@@H]1CC3(CC3)NC1=O)C(N)=O)C2(C)C)C(C)(C)C)C(F)(F)F. The first-order valence-electron chi connectivity index (χ1n) is 13.3. The molecule has 9 nitrogen and oxygen atoms in total. The fourth-order valence-corrected chi connectivity index (χ4v) is 6.45. The Morgan fingerprint density at radius 1 is 1.18 bits per heavy atom. The molecular formula is C26H40F3N5O4. The number of hydrogen-bond donors (Lipinski definition) is 4. The highest BCUT2D eigenvalue weighted by Crippen LogP contribution is 2.65. The lowest BCUT2D eigenvalue weighted by Gasteiger charge is -2.39. The Hall–Kier alpha value is -2.37. The highest BCUT2D eigenvalue weighted by molar-refractivity contribution is 5.95. The molecule has 0 radical (unpaired) electrons. The number of primary amides is 1. The number of nitrogens with zero attached hydrogens (tertiary/aromatic N) is 1. The summed E-state index contributed by atoms with van der Waals surface area (Å²) in [7, 11) is 0. The van der Waals surface area contributed by atoms with Gasteiger partial charge in [0.2, 0.25) is 23.6 Å². The third-order valence-corrected chi connectivity index (χ3v) is 9.21. The van der Waals surface area contributed by atoms with Crippen molar-refractivity contribution in [3.05, 3.63) is 0 Å². The van der Waals surface area contributed by atoms with Gasteiger partial charge < -0.3 is 21.3 Å². The van der Waals surface area contributed by atoms with Gasteiger partial charge >= 0.3 is 6.18 Å². The van der Waals surface area contributed by atoms with Crippen molar-refractivity contribution >= 4 is 23.6 Å².